The third-order valence-electron chi connectivity index (χ3n) is 5.92. The molecule has 34 heavy (non-hydrogen) atoms. The van der Waals surface area contributed by atoms with Crippen molar-refractivity contribution in [1.82, 2.24) is 4.90 Å². The van der Waals surface area contributed by atoms with Crippen molar-refractivity contribution in [3.63, 3.8) is 0 Å². The number of nitrogens with two attached hydrogens (primary N) is 2. The molecule has 1 aliphatic heterocycles. The summed E-state index contributed by atoms with van der Waals surface area (Å²) in [6, 6.07) is 0.562. The Labute approximate surface area is 211 Å². The molecule has 2 fully saturated rings. The Morgan fingerprint density at radius 1 is 0.971 bits per heavy atom. The van der Waals surface area contributed by atoms with Gasteiger partial charge in [-0.15, -0.1) is 0 Å². The van der Waals surface area contributed by atoms with E-state index in [-0.39, 0.29) is 59.3 Å². The third kappa shape index (κ3) is 7.97. The molecule has 0 radical (unpaired) electrons. The maximum atomic E-state index is 11.6. The molecule has 12 nitrogen and oxygen atoms in total. The molecule has 0 aromatic heterocycles. The number of imide groups is 1. The number of nitrogens with zero attached hydrogens (tertiary/aromatic N) is 1. The number of hydrogen-bond donors (Lipinski definition) is 2. The molecule has 0 saturated heterocycles. The average molecular weight is 663 g/mol. The molecule has 13 heteroatoms. The molecule has 0 spiro atoms. The van der Waals surface area contributed by atoms with Gasteiger partial charge in [0.05, 0.1) is 43.5 Å². The zero-order valence-electron chi connectivity index (χ0n) is 18.6. The van der Waals surface area contributed by atoms with Gasteiger partial charge in [-0.1, -0.05) is 12.8 Å². The molecule has 2 amide bonds. The first-order valence-corrected chi connectivity index (χ1v) is 10.8. The van der Waals surface area contributed by atoms with Crippen LogP contribution < -0.4 is 21.7 Å². The average Bonchev–Trinajstić information content (AvgIpc) is 3.04. The molecule has 2 atom stereocenters. The standard InChI is InChI=1S/C15H17NO9.C6H14N2.Pt/c17-10-1-2-11(18)16(10)4-6-24-5-3-12(19)25-9-7-15(8-9,13(20)21)14(22)23;7-5-3-1-2-4-6(5)8;/h1-2,9H,3-8H2,(H,20,21)(H,22,23);5-6H,1-4,7-8H2;/q;;+2/p-2/t;5-,6-;/m.1./s1. The Bertz CT molecular complexity index is 754. The van der Waals surface area contributed by atoms with E-state index < -0.39 is 54.1 Å². The van der Waals surface area contributed by atoms with Crippen LogP contribution in [0.25, 0.3) is 0 Å². The second-order valence-electron chi connectivity index (χ2n) is 8.31. The fraction of sp³-hybridized carbons (Fsp3) is 0.667. The molecule has 0 unspecified atom stereocenters. The van der Waals surface area contributed by atoms with Gasteiger partial charge in [-0.25, -0.2) is 0 Å². The Kier molecular flexibility index (Phi) is 12.0. The van der Waals surface area contributed by atoms with E-state index in [4.69, 9.17) is 20.9 Å². The number of rotatable bonds is 9. The van der Waals surface area contributed by atoms with Gasteiger partial charge in [0.2, 0.25) is 0 Å². The second-order valence-corrected chi connectivity index (χ2v) is 8.31. The molecule has 0 aromatic rings. The van der Waals surface area contributed by atoms with E-state index in [1.165, 1.54) is 12.8 Å². The van der Waals surface area contributed by atoms with Crippen LogP contribution >= 0.6 is 0 Å². The van der Waals surface area contributed by atoms with Crippen molar-refractivity contribution in [3.05, 3.63) is 12.2 Å². The van der Waals surface area contributed by atoms with Crippen LogP contribution in [0.5, 0.6) is 0 Å². The smallest absolute Gasteiger partial charge is 0.549 e. The fourth-order valence-electron chi connectivity index (χ4n) is 3.72. The Morgan fingerprint density at radius 2 is 1.47 bits per heavy atom. The molecule has 0 aromatic carbocycles. The number of carboxylic acid groups (broad SMARTS) is 2. The number of carboxylic acids is 2. The number of aliphatic carboxylic acids is 2. The van der Waals surface area contributed by atoms with E-state index in [1.807, 2.05) is 0 Å². The monoisotopic (exact) mass is 662 g/mol. The van der Waals surface area contributed by atoms with Crippen LogP contribution in [0.4, 0.5) is 0 Å². The maximum Gasteiger partial charge on any atom is 2.00 e. The predicted molar refractivity (Wildman–Crippen MR) is 107 cm³/mol. The van der Waals surface area contributed by atoms with Crippen molar-refractivity contribution in [3.8, 4) is 0 Å². The van der Waals surface area contributed by atoms with E-state index in [1.54, 1.807) is 0 Å². The van der Waals surface area contributed by atoms with Crippen molar-refractivity contribution in [2.24, 2.45) is 16.9 Å². The molecular formula is C21H29N3O9Pt. The maximum absolute atomic E-state index is 11.6. The second kappa shape index (κ2) is 13.7. The summed E-state index contributed by atoms with van der Waals surface area (Å²) in [6.07, 6.45) is 5.35. The van der Waals surface area contributed by atoms with Crippen molar-refractivity contribution < 1.29 is 64.7 Å². The molecule has 2 saturated carbocycles. The number of carbonyl (C=O) groups is 5. The van der Waals surface area contributed by atoms with Gasteiger partial charge in [0, 0.05) is 37.1 Å². The van der Waals surface area contributed by atoms with Gasteiger partial charge in [-0.2, -0.15) is 0 Å². The van der Waals surface area contributed by atoms with Crippen LogP contribution in [0.1, 0.15) is 44.9 Å². The van der Waals surface area contributed by atoms with Gasteiger partial charge in [0.1, 0.15) is 6.10 Å². The fourth-order valence-corrected chi connectivity index (χ4v) is 3.72. The predicted octanol–water partition coefficient (Wildman–Crippen LogP) is -3.28. The SMILES string of the molecule is N[C@@H]1CCCC[C@H]1N.O=C(CCOCCN1C(=O)C=CC1=O)OC1CC(C(=O)[O-])(C(=O)[O-])C1.[Pt+2]. The first kappa shape index (κ1) is 29.9. The number of amides is 2. The Hall–Kier alpha value is -2.14. The van der Waals surface area contributed by atoms with E-state index in [0.29, 0.717) is 0 Å². The summed E-state index contributed by atoms with van der Waals surface area (Å²) in [5.74, 6) is -5.05. The zero-order valence-corrected chi connectivity index (χ0v) is 20.8. The van der Waals surface area contributed by atoms with E-state index in [0.717, 1.165) is 29.9 Å². The number of esters is 1. The Morgan fingerprint density at radius 3 is 1.91 bits per heavy atom. The van der Waals surface area contributed by atoms with Crippen LogP contribution in [-0.2, 0) is 54.5 Å². The van der Waals surface area contributed by atoms with Gasteiger partial charge in [-0.3, -0.25) is 19.3 Å². The first-order valence-electron chi connectivity index (χ1n) is 10.8. The van der Waals surface area contributed by atoms with Gasteiger partial charge < -0.3 is 40.7 Å². The minimum Gasteiger partial charge on any atom is -0.549 e. The molecular weight excluding hydrogens is 633 g/mol. The summed E-state index contributed by atoms with van der Waals surface area (Å²) in [5, 5.41) is 21.7. The first-order chi connectivity index (χ1) is 15.6. The van der Waals surface area contributed by atoms with Gasteiger partial charge >= 0.3 is 27.0 Å². The van der Waals surface area contributed by atoms with Gasteiger partial charge in [-0.05, 0) is 12.8 Å². The van der Waals surface area contributed by atoms with Crippen LogP contribution in [0.2, 0.25) is 0 Å². The Balaban J connectivity index is 0.000000543. The third-order valence-corrected chi connectivity index (χ3v) is 5.92. The largest absolute Gasteiger partial charge is 2.00 e. The summed E-state index contributed by atoms with van der Waals surface area (Å²) in [7, 11) is 0. The minimum absolute atomic E-state index is 0. The number of ether oxygens (including phenoxy) is 2. The molecule has 192 valence electrons. The van der Waals surface area contributed by atoms with Crippen LogP contribution in [0, 0.1) is 5.41 Å². The van der Waals surface area contributed by atoms with Crippen molar-refractivity contribution in [2.45, 2.75) is 63.1 Å². The molecule has 3 rings (SSSR count). The summed E-state index contributed by atoms with van der Waals surface area (Å²) in [5.41, 5.74) is 9.20. The molecule has 4 N–H and O–H groups in total. The topological polar surface area (TPSA) is 205 Å². The van der Waals surface area contributed by atoms with Crippen molar-refractivity contribution >= 4 is 29.7 Å². The molecule has 2 aliphatic carbocycles. The van der Waals surface area contributed by atoms with Crippen molar-refractivity contribution in [2.75, 3.05) is 19.8 Å². The molecule has 1 heterocycles. The van der Waals surface area contributed by atoms with Crippen LogP contribution in [-0.4, -0.2) is 72.6 Å². The molecule has 0 bridgehead atoms. The quantitative estimate of drug-likeness (QED) is 0.108. The van der Waals surface area contributed by atoms with Crippen molar-refractivity contribution in [1.29, 1.82) is 0 Å². The summed E-state index contributed by atoms with van der Waals surface area (Å²) >= 11 is 0. The van der Waals surface area contributed by atoms with Crippen LogP contribution in [0.15, 0.2) is 12.2 Å². The van der Waals surface area contributed by atoms with E-state index in [9.17, 15) is 34.2 Å². The van der Waals surface area contributed by atoms with Gasteiger partial charge in [0.15, 0.2) is 0 Å². The summed E-state index contributed by atoms with van der Waals surface area (Å²) in [6.45, 7) is 0.0811. The minimum atomic E-state index is -2.11. The van der Waals surface area contributed by atoms with E-state index in [2.05, 4.69) is 0 Å². The number of carbonyl (C=O) groups excluding carboxylic acids is 5. The zero-order chi connectivity index (χ0) is 24.6. The molecule has 3 aliphatic rings. The van der Waals surface area contributed by atoms with Crippen LogP contribution in [0.3, 0.4) is 0 Å². The summed E-state index contributed by atoms with van der Waals surface area (Å²) in [4.78, 5) is 56.7. The number of hydrogen-bond acceptors (Lipinski definition) is 11. The summed E-state index contributed by atoms with van der Waals surface area (Å²) < 4.78 is 10.1. The van der Waals surface area contributed by atoms with E-state index >= 15 is 0 Å². The normalized spacial score (nSPS) is 23.3. The van der Waals surface area contributed by atoms with Gasteiger partial charge in [0.25, 0.3) is 11.8 Å².